The highest BCUT2D eigenvalue weighted by atomic mass is 15.3. The number of aromatic nitrogens is 3. The van der Waals surface area contributed by atoms with Crippen molar-refractivity contribution in [3.8, 4) is 6.07 Å². The van der Waals surface area contributed by atoms with Crippen LogP contribution in [0.25, 0.3) is 5.65 Å². The Morgan fingerprint density at radius 1 is 1.58 bits per heavy atom. The third-order valence-electron chi connectivity index (χ3n) is 1.46. The summed E-state index contributed by atoms with van der Waals surface area (Å²) >= 11 is 0. The molecule has 0 radical (unpaired) electrons. The molecular formula is C7H5N5. The minimum Gasteiger partial charge on any atom is -0.382 e. The van der Waals surface area contributed by atoms with Crippen molar-refractivity contribution in [3.63, 3.8) is 0 Å². The van der Waals surface area contributed by atoms with Gasteiger partial charge in [0.25, 0.3) is 0 Å². The van der Waals surface area contributed by atoms with Gasteiger partial charge >= 0.3 is 0 Å². The maximum Gasteiger partial charge on any atom is 0.157 e. The Morgan fingerprint density at radius 3 is 3.17 bits per heavy atom. The molecule has 0 aromatic carbocycles. The molecule has 5 heteroatoms. The fourth-order valence-electron chi connectivity index (χ4n) is 0.953. The van der Waals surface area contributed by atoms with Crippen LogP contribution in [0.15, 0.2) is 18.5 Å². The molecule has 2 aromatic heterocycles. The van der Waals surface area contributed by atoms with E-state index in [9.17, 15) is 0 Å². The van der Waals surface area contributed by atoms with Gasteiger partial charge in [-0.25, -0.2) is 9.50 Å². The number of rotatable bonds is 0. The summed E-state index contributed by atoms with van der Waals surface area (Å²) in [6.07, 6.45) is 3.06. The molecule has 58 valence electrons. The molecule has 2 rings (SSSR count). The van der Waals surface area contributed by atoms with Crippen LogP contribution in [0.5, 0.6) is 0 Å². The van der Waals surface area contributed by atoms with Gasteiger partial charge in [0.05, 0.1) is 11.8 Å². The topological polar surface area (TPSA) is 80.0 Å². The van der Waals surface area contributed by atoms with Gasteiger partial charge in [-0.15, -0.1) is 5.10 Å². The number of nitrogens with zero attached hydrogens (tertiary/aromatic N) is 4. The summed E-state index contributed by atoms with van der Waals surface area (Å²) in [5.41, 5.74) is 6.54. The number of nitrogens with two attached hydrogens (primary N) is 1. The Bertz CT molecular complexity index is 464. The quantitative estimate of drug-likeness (QED) is 0.594. The van der Waals surface area contributed by atoms with E-state index in [2.05, 4.69) is 10.1 Å². The van der Waals surface area contributed by atoms with Crippen molar-refractivity contribution in [3.05, 3.63) is 24.0 Å². The molecule has 2 aromatic rings. The summed E-state index contributed by atoms with van der Waals surface area (Å²) in [5, 5.41) is 12.4. The second-order valence-electron chi connectivity index (χ2n) is 2.33. The first-order chi connectivity index (χ1) is 5.79. The van der Waals surface area contributed by atoms with Crippen molar-refractivity contribution in [2.75, 3.05) is 5.73 Å². The van der Waals surface area contributed by atoms with Crippen LogP contribution in [0.3, 0.4) is 0 Å². The molecule has 0 spiro atoms. The molecule has 5 nitrogen and oxygen atoms in total. The van der Waals surface area contributed by atoms with Crippen molar-refractivity contribution in [2.24, 2.45) is 0 Å². The molecule has 0 aliphatic heterocycles. The molecule has 0 fully saturated rings. The summed E-state index contributed by atoms with van der Waals surface area (Å²) in [4.78, 5) is 3.97. The predicted octanol–water partition coefficient (Wildman–Crippen LogP) is 0.183. The van der Waals surface area contributed by atoms with E-state index in [-0.39, 0.29) is 0 Å². The van der Waals surface area contributed by atoms with Crippen LogP contribution in [0.4, 0.5) is 5.82 Å². The number of anilines is 1. The van der Waals surface area contributed by atoms with Gasteiger partial charge in [-0.05, 0) is 0 Å². The normalized spacial score (nSPS) is 9.92. The summed E-state index contributed by atoms with van der Waals surface area (Å²) in [7, 11) is 0. The summed E-state index contributed by atoms with van der Waals surface area (Å²) < 4.78 is 1.48. The summed E-state index contributed by atoms with van der Waals surface area (Å²) in [5.74, 6) is 0.401. The van der Waals surface area contributed by atoms with Gasteiger partial charge < -0.3 is 5.73 Å². The van der Waals surface area contributed by atoms with Crippen molar-refractivity contribution in [1.29, 1.82) is 5.26 Å². The number of fused-ring (bicyclic) bond motifs is 1. The predicted molar refractivity (Wildman–Crippen MR) is 42.1 cm³/mol. The highest BCUT2D eigenvalue weighted by Crippen LogP contribution is 2.05. The van der Waals surface area contributed by atoms with Gasteiger partial charge in [0.2, 0.25) is 0 Å². The van der Waals surface area contributed by atoms with Crippen LogP contribution in [0.1, 0.15) is 5.56 Å². The van der Waals surface area contributed by atoms with E-state index in [1.807, 2.05) is 6.07 Å². The van der Waals surface area contributed by atoms with Crippen LogP contribution in [-0.2, 0) is 0 Å². The Labute approximate surface area is 68.1 Å². The van der Waals surface area contributed by atoms with Crippen LogP contribution < -0.4 is 5.73 Å². The largest absolute Gasteiger partial charge is 0.382 e. The number of hydrogen-bond donors (Lipinski definition) is 1. The van der Waals surface area contributed by atoms with E-state index in [0.29, 0.717) is 17.0 Å². The van der Waals surface area contributed by atoms with Crippen LogP contribution >= 0.6 is 0 Å². The van der Waals surface area contributed by atoms with Crippen LogP contribution in [0, 0.1) is 11.3 Å². The minimum atomic E-state index is 0.401. The molecule has 0 amide bonds. The zero-order valence-electron chi connectivity index (χ0n) is 6.10. The first-order valence-electron chi connectivity index (χ1n) is 3.30. The lowest BCUT2D eigenvalue weighted by Crippen LogP contribution is -1.91. The zero-order valence-corrected chi connectivity index (χ0v) is 6.10. The monoisotopic (exact) mass is 159 g/mol. The molecule has 0 saturated carbocycles. The molecule has 2 heterocycles. The van der Waals surface area contributed by atoms with Gasteiger partial charge in [-0.1, -0.05) is 0 Å². The van der Waals surface area contributed by atoms with Crippen LogP contribution in [-0.4, -0.2) is 14.6 Å². The number of hydrogen-bond acceptors (Lipinski definition) is 4. The molecule has 0 aliphatic rings. The molecule has 0 bridgehead atoms. The molecule has 0 aliphatic carbocycles. The van der Waals surface area contributed by atoms with Crippen molar-refractivity contribution in [1.82, 2.24) is 14.6 Å². The molecule has 0 unspecified atom stereocenters. The van der Waals surface area contributed by atoms with E-state index >= 15 is 0 Å². The maximum absolute atomic E-state index is 8.54. The second kappa shape index (κ2) is 2.20. The Morgan fingerprint density at radius 2 is 2.42 bits per heavy atom. The molecule has 0 saturated heterocycles. The number of nitriles is 1. The smallest absolute Gasteiger partial charge is 0.157 e. The van der Waals surface area contributed by atoms with Crippen molar-refractivity contribution in [2.45, 2.75) is 0 Å². The Kier molecular flexibility index (Phi) is 1.21. The highest BCUT2D eigenvalue weighted by Gasteiger charge is 1.99. The lowest BCUT2D eigenvalue weighted by Gasteiger charge is -1.90. The average Bonchev–Trinajstić information content (AvgIpc) is 2.43. The van der Waals surface area contributed by atoms with E-state index in [1.165, 1.54) is 10.7 Å². The standard InChI is InChI=1S/C7H5N5/c8-2-5-3-10-7-1-6(9)11-12(7)4-5/h1,3-4H,(H2,9,11). The Balaban J connectivity index is 2.77. The minimum absolute atomic E-state index is 0.401. The molecule has 0 atom stereocenters. The molecule has 2 N–H and O–H groups in total. The van der Waals surface area contributed by atoms with E-state index < -0.39 is 0 Å². The maximum atomic E-state index is 8.54. The molecular weight excluding hydrogens is 154 g/mol. The van der Waals surface area contributed by atoms with Gasteiger partial charge in [-0.3, -0.25) is 0 Å². The average molecular weight is 159 g/mol. The van der Waals surface area contributed by atoms with E-state index in [1.54, 1.807) is 12.3 Å². The lowest BCUT2D eigenvalue weighted by molar-refractivity contribution is 0.940. The summed E-state index contributed by atoms with van der Waals surface area (Å²) in [6, 6.07) is 3.60. The Hall–Kier alpha value is -2.09. The highest BCUT2D eigenvalue weighted by molar-refractivity contribution is 5.48. The first-order valence-corrected chi connectivity index (χ1v) is 3.30. The third-order valence-corrected chi connectivity index (χ3v) is 1.46. The van der Waals surface area contributed by atoms with E-state index in [4.69, 9.17) is 11.0 Å². The fraction of sp³-hybridized carbons (Fsp3) is 0. The third kappa shape index (κ3) is 0.864. The fourth-order valence-corrected chi connectivity index (χ4v) is 0.953. The van der Waals surface area contributed by atoms with Gasteiger partial charge in [0.1, 0.15) is 11.9 Å². The first kappa shape index (κ1) is 6.61. The van der Waals surface area contributed by atoms with E-state index in [0.717, 1.165) is 0 Å². The SMILES string of the molecule is N#Cc1cnc2cc(N)nn2c1. The molecule has 12 heavy (non-hydrogen) atoms. The lowest BCUT2D eigenvalue weighted by atomic mass is 10.4. The summed E-state index contributed by atoms with van der Waals surface area (Å²) in [6.45, 7) is 0. The van der Waals surface area contributed by atoms with Gasteiger partial charge in [0.15, 0.2) is 5.65 Å². The zero-order chi connectivity index (χ0) is 8.55. The van der Waals surface area contributed by atoms with Gasteiger partial charge in [0, 0.05) is 12.3 Å². The second-order valence-corrected chi connectivity index (χ2v) is 2.33. The van der Waals surface area contributed by atoms with Gasteiger partial charge in [-0.2, -0.15) is 5.26 Å². The van der Waals surface area contributed by atoms with Crippen LogP contribution in [0.2, 0.25) is 0 Å². The van der Waals surface area contributed by atoms with Crippen molar-refractivity contribution >= 4 is 11.5 Å². The number of nitrogen functional groups attached to an aromatic ring is 1. The van der Waals surface area contributed by atoms with Crippen molar-refractivity contribution < 1.29 is 0 Å².